The van der Waals surface area contributed by atoms with Crippen LogP contribution in [0.1, 0.15) is 30.6 Å². The van der Waals surface area contributed by atoms with Crippen molar-refractivity contribution in [3.8, 4) is 10.6 Å². The molecule has 0 radical (unpaired) electrons. The van der Waals surface area contributed by atoms with Crippen molar-refractivity contribution in [2.45, 2.75) is 26.3 Å². The van der Waals surface area contributed by atoms with Crippen LogP contribution >= 0.6 is 11.3 Å². The van der Waals surface area contributed by atoms with Crippen LogP contribution in [0.5, 0.6) is 0 Å². The van der Waals surface area contributed by atoms with E-state index < -0.39 is 22.4 Å². The minimum Gasteiger partial charge on any atom is -0.452 e. The summed E-state index contributed by atoms with van der Waals surface area (Å²) >= 11 is 1.48. The van der Waals surface area contributed by atoms with Crippen LogP contribution < -0.4 is 0 Å². The van der Waals surface area contributed by atoms with Gasteiger partial charge in [0.1, 0.15) is 5.01 Å². The minimum atomic E-state index is -3.14. The zero-order valence-electron chi connectivity index (χ0n) is 18.6. The van der Waals surface area contributed by atoms with E-state index in [0.29, 0.717) is 29.1 Å². The molecule has 1 aliphatic heterocycles. The number of carbonyl (C=O) groups is 2. The SMILES string of the molecule is CC(C)CN(C(=O)COC(=O)c1ccccc1-c1nc2ccccc2s1)C1CCS(=O)(=O)C1. The predicted octanol–water partition coefficient (Wildman–Crippen LogP) is 3.79. The van der Waals surface area contributed by atoms with Crippen LogP contribution in [0, 0.1) is 5.92 Å². The first-order valence-corrected chi connectivity index (χ1v) is 13.5. The molecule has 174 valence electrons. The Morgan fingerprint density at radius 2 is 1.88 bits per heavy atom. The highest BCUT2D eigenvalue weighted by atomic mass is 32.2. The lowest BCUT2D eigenvalue weighted by Crippen LogP contribution is -2.45. The van der Waals surface area contributed by atoms with E-state index in [1.165, 1.54) is 11.3 Å². The number of rotatable bonds is 7. The number of esters is 1. The highest BCUT2D eigenvalue weighted by Gasteiger charge is 2.35. The molecule has 1 aliphatic rings. The van der Waals surface area contributed by atoms with Crippen LogP contribution in [0.25, 0.3) is 20.8 Å². The van der Waals surface area contributed by atoms with Crippen molar-refractivity contribution in [3.63, 3.8) is 0 Å². The molecule has 0 spiro atoms. The van der Waals surface area contributed by atoms with Crippen LogP contribution in [0.4, 0.5) is 0 Å². The van der Waals surface area contributed by atoms with Crippen molar-refractivity contribution in [3.05, 3.63) is 54.1 Å². The summed E-state index contributed by atoms with van der Waals surface area (Å²) in [5.74, 6) is -0.791. The number of para-hydroxylation sites is 1. The molecule has 0 bridgehead atoms. The van der Waals surface area contributed by atoms with Crippen LogP contribution in [-0.4, -0.2) is 60.9 Å². The fourth-order valence-corrected chi connectivity index (χ4v) is 6.73. The molecule has 7 nitrogen and oxygen atoms in total. The molecule has 33 heavy (non-hydrogen) atoms. The van der Waals surface area contributed by atoms with E-state index in [9.17, 15) is 18.0 Å². The molecule has 1 amide bonds. The molecule has 3 aromatic rings. The van der Waals surface area contributed by atoms with Gasteiger partial charge in [-0.25, -0.2) is 18.2 Å². The maximum absolute atomic E-state index is 12.9. The number of carbonyl (C=O) groups excluding carboxylic acids is 2. The zero-order valence-corrected chi connectivity index (χ0v) is 20.2. The molecular weight excluding hydrogens is 460 g/mol. The maximum Gasteiger partial charge on any atom is 0.339 e. The van der Waals surface area contributed by atoms with Gasteiger partial charge in [-0.05, 0) is 30.5 Å². The normalized spacial score (nSPS) is 17.4. The van der Waals surface area contributed by atoms with Crippen molar-refractivity contribution in [2.24, 2.45) is 5.92 Å². The maximum atomic E-state index is 12.9. The minimum absolute atomic E-state index is 0.0418. The summed E-state index contributed by atoms with van der Waals surface area (Å²) in [6, 6.07) is 14.4. The van der Waals surface area contributed by atoms with Gasteiger partial charge in [0.2, 0.25) is 0 Å². The first kappa shape index (κ1) is 23.4. The number of fused-ring (bicyclic) bond motifs is 1. The molecule has 0 N–H and O–H groups in total. The van der Waals surface area contributed by atoms with Crippen LogP contribution in [0.2, 0.25) is 0 Å². The third kappa shape index (κ3) is 5.42. The summed E-state index contributed by atoms with van der Waals surface area (Å²) < 4.78 is 30.2. The predicted molar refractivity (Wildman–Crippen MR) is 129 cm³/mol. The first-order valence-electron chi connectivity index (χ1n) is 10.9. The van der Waals surface area contributed by atoms with Gasteiger partial charge in [-0.3, -0.25) is 4.79 Å². The Bertz CT molecular complexity index is 1250. The summed E-state index contributed by atoms with van der Waals surface area (Å²) in [6.45, 7) is 3.91. The Hall–Kier alpha value is -2.78. The van der Waals surface area contributed by atoms with Crippen molar-refractivity contribution < 1.29 is 22.7 Å². The Morgan fingerprint density at radius 1 is 1.15 bits per heavy atom. The van der Waals surface area contributed by atoms with Gasteiger partial charge >= 0.3 is 5.97 Å². The lowest BCUT2D eigenvalue weighted by molar-refractivity contribution is -0.137. The van der Waals surface area contributed by atoms with Gasteiger partial charge in [-0.1, -0.05) is 44.2 Å². The number of sulfone groups is 1. The van der Waals surface area contributed by atoms with Gasteiger partial charge < -0.3 is 9.64 Å². The molecule has 0 aliphatic carbocycles. The van der Waals surface area contributed by atoms with Gasteiger partial charge in [-0.15, -0.1) is 11.3 Å². The summed E-state index contributed by atoms with van der Waals surface area (Å²) in [4.78, 5) is 32.0. The van der Waals surface area contributed by atoms with E-state index in [0.717, 1.165) is 10.2 Å². The van der Waals surface area contributed by atoms with E-state index in [4.69, 9.17) is 4.74 Å². The lowest BCUT2D eigenvalue weighted by Gasteiger charge is -2.29. The van der Waals surface area contributed by atoms with Gasteiger partial charge in [0, 0.05) is 18.2 Å². The monoisotopic (exact) mass is 486 g/mol. The highest BCUT2D eigenvalue weighted by Crippen LogP contribution is 2.32. The van der Waals surface area contributed by atoms with Crippen molar-refractivity contribution >= 4 is 43.3 Å². The molecule has 1 fully saturated rings. The largest absolute Gasteiger partial charge is 0.452 e. The fraction of sp³-hybridized carbons (Fsp3) is 0.375. The van der Waals surface area contributed by atoms with E-state index in [-0.39, 0.29) is 29.4 Å². The van der Waals surface area contributed by atoms with Crippen molar-refractivity contribution in [1.29, 1.82) is 0 Å². The summed E-state index contributed by atoms with van der Waals surface area (Å²) in [6.07, 6.45) is 0.412. The second kappa shape index (κ2) is 9.61. The fourth-order valence-electron chi connectivity index (χ4n) is 3.99. The Morgan fingerprint density at radius 3 is 2.58 bits per heavy atom. The number of hydrogen-bond donors (Lipinski definition) is 0. The second-order valence-corrected chi connectivity index (χ2v) is 11.9. The van der Waals surface area contributed by atoms with Gasteiger partial charge in [0.25, 0.3) is 5.91 Å². The third-order valence-corrected chi connectivity index (χ3v) is 8.35. The topological polar surface area (TPSA) is 93.6 Å². The van der Waals surface area contributed by atoms with Crippen LogP contribution in [-0.2, 0) is 19.4 Å². The molecule has 4 rings (SSSR count). The Kier molecular flexibility index (Phi) is 6.81. The Balaban J connectivity index is 1.50. The summed E-state index contributed by atoms with van der Waals surface area (Å²) in [7, 11) is -3.14. The molecule has 1 unspecified atom stereocenters. The van der Waals surface area contributed by atoms with E-state index in [2.05, 4.69) is 4.98 Å². The molecule has 2 heterocycles. The zero-order chi connectivity index (χ0) is 23.6. The van der Waals surface area contributed by atoms with Crippen LogP contribution in [0.3, 0.4) is 0 Å². The summed E-state index contributed by atoms with van der Waals surface area (Å²) in [5, 5.41) is 0.702. The molecule has 0 saturated carbocycles. The molecule has 9 heteroatoms. The number of amides is 1. The van der Waals surface area contributed by atoms with Crippen molar-refractivity contribution in [2.75, 3.05) is 24.7 Å². The number of aromatic nitrogens is 1. The number of hydrogen-bond acceptors (Lipinski definition) is 7. The standard InChI is InChI=1S/C24H26N2O5S2/c1-16(2)13-26(17-11-12-33(29,30)15-17)22(27)14-31-24(28)19-8-4-3-7-18(19)23-25-20-9-5-6-10-21(20)32-23/h3-10,16-17H,11-15H2,1-2H3. The van der Waals surface area contributed by atoms with Gasteiger partial charge in [0.15, 0.2) is 16.4 Å². The number of benzene rings is 2. The van der Waals surface area contributed by atoms with E-state index in [1.54, 1.807) is 17.0 Å². The molecule has 1 saturated heterocycles. The highest BCUT2D eigenvalue weighted by molar-refractivity contribution is 7.91. The van der Waals surface area contributed by atoms with E-state index >= 15 is 0 Å². The average molecular weight is 487 g/mol. The molecule has 1 aromatic heterocycles. The van der Waals surface area contributed by atoms with Crippen LogP contribution in [0.15, 0.2) is 48.5 Å². The first-order chi connectivity index (χ1) is 15.7. The van der Waals surface area contributed by atoms with E-state index in [1.807, 2.05) is 50.2 Å². The molecule has 1 atom stereocenters. The lowest BCUT2D eigenvalue weighted by atomic mass is 10.1. The number of ether oxygens (including phenoxy) is 1. The van der Waals surface area contributed by atoms with Gasteiger partial charge in [-0.2, -0.15) is 0 Å². The third-order valence-electron chi connectivity index (χ3n) is 5.53. The second-order valence-electron chi connectivity index (χ2n) is 8.61. The summed E-state index contributed by atoms with van der Waals surface area (Å²) in [5.41, 5.74) is 1.84. The Labute approximate surface area is 197 Å². The molecular formula is C24H26N2O5S2. The number of nitrogens with zero attached hydrogens (tertiary/aromatic N) is 2. The number of thiazole rings is 1. The van der Waals surface area contributed by atoms with Gasteiger partial charge in [0.05, 0.1) is 27.3 Å². The molecule has 2 aromatic carbocycles. The van der Waals surface area contributed by atoms with Crippen molar-refractivity contribution in [1.82, 2.24) is 9.88 Å². The average Bonchev–Trinajstić information content (AvgIpc) is 3.38. The smallest absolute Gasteiger partial charge is 0.339 e. The quantitative estimate of drug-likeness (QED) is 0.472.